The van der Waals surface area contributed by atoms with Crippen LogP contribution in [0.5, 0.6) is 5.75 Å². The first-order valence-corrected chi connectivity index (χ1v) is 11.2. The number of piperidine rings is 1. The Bertz CT molecular complexity index is 1040. The summed E-state index contributed by atoms with van der Waals surface area (Å²) in [5.41, 5.74) is 4.68. The average Bonchev–Trinajstić information content (AvgIpc) is 2.81. The molecule has 0 bridgehead atoms. The predicted octanol–water partition coefficient (Wildman–Crippen LogP) is 5.99. The number of benzene rings is 3. The van der Waals surface area contributed by atoms with E-state index >= 15 is 0 Å². The van der Waals surface area contributed by atoms with Crippen LogP contribution in [-0.4, -0.2) is 23.6 Å². The number of fused-ring (bicyclic) bond motifs is 3. The van der Waals surface area contributed by atoms with Crippen LogP contribution in [0.2, 0.25) is 0 Å². The molecule has 2 atom stereocenters. The first kappa shape index (κ1) is 19.8. The lowest BCUT2D eigenvalue weighted by molar-refractivity contribution is 0.104. The summed E-state index contributed by atoms with van der Waals surface area (Å²) in [6.45, 7) is 2.16. The van der Waals surface area contributed by atoms with Crippen molar-refractivity contribution in [3.05, 3.63) is 95.6 Å². The molecule has 0 radical (unpaired) electrons. The number of rotatable bonds is 4. The third-order valence-electron chi connectivity index (χ3n) is 6.60. The number of anilines is 1. The SMILES string of the molecule is O=C(Nc1ccccc1)Oc1cccc2c1CC[C@@H]1[C@@H]2CCCN1Cc1ccccc1. The molecule has 1 fully saturated rings. The molecule has 5 rings (SSSR count). The molecule has 4 nitrogen and oxygen atoms in total. The number of nitrogens with zero attached hydrogens (tertiary/aromatic N) is 1. The van der Waals surface area contributed by atoms with E-state index in [0.717, 1.165) is 31.6 Å². The van der Waals surface area contributed by atoms with Gasteiger partial charge in [0.2, 0.25) is 0 Å². The maximum Gasteiger partial charge on any atom is 0.417 e. The van der Waals surface area contributed by atoms with Crippen LogP contribution in [-0.2, 0) is 13.0 Å². The van der Waals surface area contributed by atoms with Gasteiger partial charge in [-0.25, -0.2) is 4.79 Å². The Morgan fingerprint density at radius 1 is 0.935 bits per heavy atom. The number of carbonyl (C=O) groups is 1. The minimum atomic E-state index is -0.434. The molecular formula is C27H28N2O2. The van der Waals surface area contributed by atoms with Crippen molar-refractivity contribution in [2.75, 3.05) is 11.9 Å². The molecule has 158 valence electrons. The molecule has 1 saturated heterocycles. The molecule has 31 heavy (non-hydrogen) atoms. The zero-order chi connectivity index (χ0) is 21.0. The lowest BCUT2D eigenvalue weighted by atomic mass is 9.74. The summed E-state index contributed by atoms with van der Waals surface area (Å²) in [5, 5.41) is 2.82. The Balaban J connectivity index is 1.33. The van der Waals surface area contributed by atoms with Crippen LogP contribution in [0.4, 0.5) is 10.5 Å². The molecule has 0 aromatic heterocycles. The Morgan fingerprint density at radius 2 is 1.71 bits per heavy atom. The molecule has 0 spiro atoms. The number of hydrogen-bond donors (Lipinski definition) is 1. The fourth-order valence-electron chi connectivity index (χ4n) is 5.24. The molecular weight excluding hydrogens is 384 g/mol. The van der Waals surface area contributed by atoms with E-state index in [2.05, 4.69) is 46.6 Å². The normalized spacial score (nSPS) is 20.4. The van der Waals surface area contributed by atoms with Gasteiger partial charge < -0.3 is 4.74 Å². The van der Waals surface area contributed by atoms with Crippen LogP contribution in [0, 0.1) is 0 Å². The van der Waals surface area contributed by atoms with Crippen molar-refractivity contribution >= 4 is 11.8 Å². The van der Waals surface area contributed by atoms with Crippen LogP contribution in [0.15, 0.2) is 78.9 Å². The lowest BCUT2D eigenvalue weighted by Gasteiger charge is -2.45. The predicted molar refractivity (Wildman–Crippen MR) is 123 cm³/mol. The van der Waals surface area contributed by atoms with Crippen molar-refractivity contribution in [3.63, 3.8) is 0 Å². The van der Waals surface area contributed by atoms with Gasteiger partial charge in [-0.1, -0.05) is 60.7 Å². The zero-order valence-corrected chi connectivity index (χ0v) is 17.7. The molecule has 1 N–H and O–H groups in total. The van der Waals surface area contributed by atoms with Gasteiger partial charge in [-0.2, -0.15) is 0 Å². The maximum atomic E-state index is 12.5. The number of likely N-dealkylation sites (tertiary alicyclic amines) is 1. The number of ether oxygens (including phenoxy) is 1. The fourth-order valence-corrected chi connectivity index (χ4v) is 5.24. The van der Waals surface area contributed by atoms with Crippen LogP contribution in [0.25, 0.3) is 0 Å². The molecule has 0 unspecified atom stereocenters. The second-order valence-corrected chi connectivity index (χ2v) is 8.52. The largest absolute Gasteiger partial charge is 0.417 e. The quantitative estimate of drug-likeness (QED) is 0.572. The Morgan fingerprint density at radius 3 is 2.52 bits per heavy atom. The van der Waals surface area contributed by atoms with Gasteiger partial charge in [0.05, 0.1) is 0 Å². The van der Waals surface area contributed by atoms with E-state index in [1.165, 1.54) is 29.5 Å². The highest BCUT2D eigenvalue weighted by Crippen LogP contribution is 2.43. The van der Waals surface area contributed by atoms with E-state index in [1.54, 1.807) is 0 Å². The summed E-state index contributed by atoms with van der Waals surface area (Å²) in [5.74, 6) is 1.20. The Kier molecular flexibility index (Phi) is 5.72. The smallest absolute Gasteiger partial charge is 0.410 e. The Labute approximate surface area is 183 Å². The number of nitrogens with one attached hydrogen (secondary N) is 1. The highest BCUT2D eigenvalue weighted by Gasteiger charge is 2.37. The summed E-state index contributed by atoms with van der Waals surface area (Å²) in [6.07, 6.45) is 4.01. The van der Waals surface area contributed by atoms with Crippen LogP contribution >= 0.6 is 0 Å². The number of amides is 1. The molecule has 3 aromatic carbocycles. The van der Waals surface area contributed by atoms with Crippen LogP contribution < -0.4 is 10.1 Å². The van der Waals surface area contributed by atoms with Gasteiger partial charge in [-0.05, 0) is 73.0 Å². The van der Waals surface area contributed by atoms with Crippen molar-refractivity contribution < 1.29 is 9.53 Å². The van der Waals surface area contributed by atoms with Crippen LogP contribution in [0.1, 0.15) is 41.9 Å². The van der Waals surface area contributed by atoms with Crippen molar-refractivity contribution in [1.29, 1.82) is 0 Å². The summed E-state index contributed by atoms with van der Waals surface area (Å²) >= 11 is 0. The van der Waals surface area contributed by atoms with E-state index in [9.17, 15) is 4.79 Å². The minimum absolute atomic E-state index is 0.434. The van der Waals surface area contributed by atoms with Crippen molar-refractivity contribution in [3.8, 4) is 5.75 Å². The summed E-state index contributed by atoms with van der Waals surface area (Å²) in [4.78, 5) is 15.1. The monoisotopic (exact) mass is 412 g/mol. The average molecular weight is 413 g/mol. The third-order valence-corrected chi connectivity index (χ3v) is 6.60. The fraction of sp³-hybridized carbons (Fsp3) is 0.296. The van der Waals surface area contributed by atoms with E-state index in [-0.39, 0.29) is 0 Å². The van der Waals surface area contributed by atoms with Gasteiger partial charge in [-0.3, -0.25) is 10.2 Å². The topological polar surface area (TPSA) is 41.6 Å². The third kappa shape index (κ3) is 4.35. The second-order valence-electron chi connectivity index (χ2n) is 8.52. The summed E-state index contributed by atoms with van der Waals surface area (Å²) in [6, 6.07) is 26.9. The Hall–Kier alpha value is -3.11. The standard InChI is InChI=1S/C27H28N2O2/c30-27(28-21-11-5-2-6-12-21)31-26-15-7-13-22-23-14-8-18-29(25(23)17-16-24(22)26)19-20-9-3-1-4-10-20/h1-7,9-13,15,23,25H,8,14,16-19H2,(H,28,30)/t23-,25-/m1/s1. The van der Waals surface area contributed by atoms with Crippen molar-refractivity contribution in [1.82, 2.24) is 4.90 Å². The van der Waals surface area contributed by atoms with Crippen molar-refractivity contribution in [2.45, 2.75) is 44.2 Å². The number of para-hydroxylation sites is 1. The number of carbonyl (C=O) groups excluding carboxylic acids is 1. The molecule has 1 aliphatic heterocycles. The molecule has 1 heterocycles. The highest BCUT2D eigenvalue weighted by molar-refractivity contribution is 5.86. The van der Waals surface area contributed by atoms with Gasteiger partial charge in [0, 0.05) is 18.3 Å². The van der Waals surface area contributed by atoms with Gasteiger partial charge in [0.1, 0.15) is 5.75 Å². The molecule has 4 heteroatoms. The molecule has 3 aromatic rings. The van der Waals surface area contributed by atoms with Gasteiger partial charge in [0.25, 0.3) is 0 Å². The molecule has 0 saturated carbocycles. The van der Waals surface area contributed by atoms with Gasteiger partial charge in [-0.15, -0.1) is 0 Å². The zero-order valence-electron chi connectivity index (χ0n) is 17.7. The first-order chi connectivity index (χ1) is 15.3. The van der Waals surface area contributed by atoms with E-state index in [4.69, 9.17) is 4.74 Å². The van der Waals surface area contributed by atoms with Crippen molar-refractivity contribution in [2.24, 2.45) is 0 Å². The lowest BCUT2D eigenvalue weighted by Crippen LogP contribution is -2.45. The minimum Gasteiger partial charge on any atom is -0.410 e. The van der Waals surface area contributed by atoms with Gasteiger partial charge in [0.15, 0.2) is 0 Å². The molecule has 1 aliphatic carbocycles. The van der Waals surface area contributed by atoms with E-state index in [0.29, 0.717) is 17.7 Å². The van der Waals surface area contributed by atoms with Crippen LogP contribution in [0.3, 0.4) is 0 Å². The summed E-state index contributed by atoms with van der Waals surface area (Å²) in [7, 11) is 0. The second kappa shape index (κ2) is 8.94. The first-order valence-electron chi connectivity index (χ1n) is 11.2. The molecule has 2 aliphatic rings. The highest BCUT2D eigenvalue weighted by atomic mass is 16.6. The van der Waals surface area contributed by atoms with E-state index in [1.807, 2.05) is 42.5 Å². The van der Waals surface area contributed by atoms with E-state index < -0.39 is 6.09 Å². The van der Waals surface area contributed by atoms with Gasteiger partial charge >= 0.3 is 6.09 Å². The number of hydrogen-bond acceptors (Lipinski definition) is 3. The molecule has 1 amide bonds. The summed E-state index contributed by atoms with van der Waals surface area (Å²) < 4.78 is 5.76. The maximum absolute atomic E-state index is 12.5.